The first kappa shape index (κ1) is 23.8. The number of carbonyl (C=O) groups is 1. The maximum Gasteiger partial charge on any atom is 0.251 e. The normalized spacial score (nSPS) is 21.9. The fourth-order valence-corrected chi connectivity index (χ4v) is 4.68. The number of likely N-dealkylation sites (N-methyl/N-ethyl adjacent to an activating group) is 1. The van der Waals surface area contributed by atoms with Crippen LogP contribution < -0.4 is 10.6 Å². The molecule has 1 aromatic carbocycles. The Hall–Kier alpha value is -1.19. The standard InChI is InChI=1S/C18H29N3O4S.ClH/c1-5-19-13(2)10-20-18(22)16-7-6-8-17(9-16)26(23,24)21-11-14(3)25-15(4)12-21;/h6-9,13-15,19H,5,10-12H2,1-4H3,(H,20,22);1H/t13-,14?,15?;/m1./s1. The number of hydrogen-bond donors (Lipinski definition) is 2. The summed E-state index contributed by atoms with van der Waals surface area (Å²) in [6.45, 7) is 9.60. The predicted molar refractivity (Wildman–Crippen MR) is 108 cm³/mol. The third-order valence-corrected chi connectivity index (χ3v) is 6.07. The molecule has 2 unspecified atom stereocenters. The molecule has 0 spiro atoms. The van der Waals surface area contributed by atoms with Crippen molar-refractivity contribution >= 4 is 28.3 Å². The molecule has 9 heteroatoms. The first-order valence-electron chi connectivity index (χ1n) is 9.01. The topological polar surface area (TPSA) is 87.7 Å². The smallest absolute Gasteiger partial charge is 0.251 e. The lowest BCUT2D eigenvalue weighted by atomic mass is 10.2. The number of benzene rings is 1. The minimum atomic E-state index is -3.66. The summed E-state index contributed by atoms with van der Waals surface area (Å²) in [5.74, 6) is -0.282. The molecule has 0 aliphatic carbocycles. The van der Waals surface area contributed by atoms with E-state index in [2.05, 4.69) is 10.6 Å². The van der Waals surface area contributed by atoms with E-state index in [4.69, 9.17) is 4.74 Å². The molecule has 1 saturated heterocycles. The monoisotopic (exact) mass is 419 g/mol. The van der Waals surface area contributed by atoms with Gasteiger partial charge in [-0.05, 0) is 45.5 Å². The van der Waals surface area contributed by atoms with Crippen LogP contribution in [0.3, 0.4) is 0 Å². The van der Waals surface area contributed by atoms with E-state index in [-0.39, 0.29) is 41.5 Å². The second kappa shape index (κ2) is 10.4. The first-order valence-corrected chi connectivity index (χ1v) is 10.4. The van der Waals surface area contributed by atoms with Crippen molar-refractivity contribution in [2.75, 3.05) is 26.2 Å². The molecular formula is C18H30ClN3O4S. The van der Waals surface area contributed by atoms with Crippen LogP contribution in [0.2, 0.25) is 0 Å². The van der Waals surface area contributed by atoms with E-state index in [9.17, 15) is 13.2 Å². The second-order valence-corrected chi connectivity index (χ2v) is 8.71. The van der Waals surface area contributed by atoms with Crippen molar-refractivity contribution in [2.45, 2.75) is 50.8 Å². The van der Waals surface area contributed by atoms with Gasteiger partial charge in [0.2, 0.25) is 10.0 Å². The van der Waals surface area contributed by atoms with Crippen molar-refractivity contribution in [3.8, 4) is 0 Å². The quantitative estimate of drug-likeness (QED) is 0.701. The number of sulfonamides is 1. The van der Waals surface area contributed by atoms with Crippen LogP contribution in [-0.2, 0) is 14.8 Å². The average Bonchev–Trinajstić information content (AvgIpc) is 2.59. The zero-order valence-electron chi connectivity index (χ0n) is 16.3. The van der Waals surface area contributed by atoms with E-state index in [0.29, 0.717) is 25.2 Å². The molecule has 3 atom stereocenters. The van der Waals surface area contributed by atoms with Crippen molar-refractivity contribution in [1.82, 2.24) is 14.9 Å². The van der Waals surface area contributed by atoms with Gasteiger partial charge in [0, 0.05) is 31.2 Å². The fourth-order valence-electron chi connectivity index (χ4n) is 3.04. The molecule has 27 heavy (non-hydrogen) atoms. The number of ether oxygens (including phenoxy) is 1. The van der Waals surface area contributed by atoms with Crippen molar-refractivity contribution in [3.63, 3.8) is 0 Å². The van der Waals surface area contributed by atoms with Crippen molar-refractivity contribution in [3.05, 3.63) is 29.8 Å². The molecule has 2 rings (SSSR count). The Morgan fingerprint density at radius 2 is 1.93 bits per heavy atom. The molecule has 7 nitrogen and oxygen atoms in total. The third kappa shape index (κ3) is 6.43. The SMILES string of the molecule is CCN[C@H](C)CNC(=O)c1cccc(S(=O)(=O)N2CC(C)OC(C)C2)c1.Cl. The number of nitrogens with one attached hydrogen (secondary N) is 2. The van der Waals surface area contributed by atoms with E-state index in [0.717, 1.165) is 6.54 Å². The van der Waals surface area contributed by atoms with Gasteiger partial charge in [-0.3, -0.25) is 4.79 Å². The Balaban J connectivity index is 0.00000364. The van der Waals surface area contributed by atoms with Gasteiger partial charge in [-0.15, -0.1) is 12.4 Å². The van der Waals surface area contributed by atoms with Crippen LogP contribution in [0.15, 0.2) is 29.2 Å². The Morgan fingerprint density at radius 1 is 1.30 bits per heavy atom. The molecule has 0 saturated carbocycles. The van der Waals surface area contributed by atoms with Gasteiger partial charge in [0.1, 0.15) is 0 Å². The lowest BCUT2D eigenvalue weighted by Crippen LogP contribution is -2.48. The van der Waals surface area contributed by atoms with Crippen LogP contribution in [0.1, 0.15) is 38.1 Å². The van der Waals surface area contributed by atoms with E-state index in [1.54, 1.807) is 12.1 Å². The van der Waals surface area contributed by atoms with Crippen LogP contribution in [0.4, 0.5) is 0 Å². The number of hydrogen-bond acceptors (Lipinski definition) is 5. The summed E-state index contributed by atoms with van der Waals surface area (Å²) in [7, 11) is -3.66. The molecule has 0 bridgehead atoms. The largest absolute Gasteiger partial charge is 0.373 e. The van der Waals surface area contributed by atoms with Gasteiger partial charge >= 0.3 is 0 Å². The van der Waals surface area contributed by atoms with E-state index in [1.165, 1.54) is 16.4 Å². The molecule has 0 radical (unpaired) electrons. The lowest BCUT2D eigenvalue weighted by molar-refractivity contribution is -0.0440. The molecular weight excluding hydrogens is 390 g/mol. The van der Waals surface area contributed by atoms with Crippen LogP contribution >= 0.6 is 12.4 Å². The summed E-state index contributed by atoms with van der Waals surface area (Å²) in [5.41, 5.74) is 0.337. The minimum Gasteiger partial charge on any atom is -0.373 e. The summed E-state index contributed by atoms with van der Waals surface area (Å²) < 4.78 is 32.9. The van der Waals surface area contributed by atoms with Gasteiger partial charge in [-0.2, -0.15) is 4.31 Å². The highest BCUT2D eigenvalue weighted by Crippen LogP contribution is 2.21. The molecule has 0 aromatic heterocycles. The fraction of sp³-hybridized carbons (Fsp3) is 0.611. The van der Waals surface area contributed by atoms with Crippen molar-refractivity contribution in [1.29, 1.82) is 0 Å². The highest BCUT2D eigenvalue weighted by atomic mass is 35.5. The molecule has 1 heterocycles. The number of morpholine rings is 1. The Kier molecular flexibility index (Phi) is 9.17. The van der Waals surface area contributed by atoms with Gasteiger partial charge in [-0.1, -0.05) is 13.0 Å². The van der Waals surface area contributed by atoms with Crippen LogP contribution in [0, 0.1) is 0 Å². The van der Waals surface area contributed by atoms with Gasteiger partial charge < -0.3 is 15.4 Å². The third-order valence-electron chi connectivity index (χ3n) is 4.24. The van der Waals surface area contributed by atoms with E-state index >= 15 is 0 Å². The Bertz CT molecular complexity index is 719. The average molecular weight is 420 g/mol. The molecule has 154 valence electrons. The molecule has 1 amide bonds. The molecule has 1 aliphatic heterocycles. The van der Waals surface area contributed by atoms with Crippen LogP contribution in [0.5, 0.6) is 0 Å². The molecule has 1 aromatic rings. The van der Waals surface area contributed by atoms with Crippen molar-refractivity contribution < 1.29 is 17.9 Å². The number of carbonyl (C=O) groups excluding carboxylic acids is 1. The number of halogens is 1. The summed E-state index contributed by atoms with van der Waals surface area (Å²) in [6, 6.07) is 6.33. The molecule has 1 fully saturated rings. The number of rotatable bonds is 7. The molecule has 2 N–H and O–H groups in total. The van der Waals surface area contributed by atoms with E-state index < -0.39 is 10.0 Å². The zero-order valence-corrected chi connectivity index (χ0v) is 17.9. The molecule has 1 aliphatic rings. The van der Waals surface area contributed by atoms with Crippen LogP contribution in [-0.4, -0.2) is 63.1 Å². The summed E-state index contributed by atoms with van der Waals surface area (Å²) in [6.07, 6.45) is -0.319. The van der Waals surface area contributed by atoms with Crippen molar-refractivity contribution in [2.24, 2.45) is 0 Å². The highest BCUT2D eigenvalue weighted by molar-refractivity contribution is 7.89. The summed E-state index contributed by atoms with van der Waals surface area (Å²) in [4.78, 5) is 12.5. The van der Waals surface area contributed by atoms with Gasteiger partial charge in [0.15, 0.2) is 0 Å². The Labute approximate surface area is 168 Å². The predicted octanol–water partition coefficient (Wildman–Crippen LogP) is 1.63. The maximum atomic E-state index is 12.9. The van der Waals surface area contributed by atoms with Crippen LogP contribution in [0.25, 0.3) is 0 Å². The maximum absolute atomic E-state index is 12.9. The number of amides is 1. The first-order chi connectivity index (χ1) is 12.2. The van der Waals surface area contributed by atoms with Gasteiger partial charge in [-0.25, -0.2) is 8.42 Å². The van der Waals surface area contributed by atoms with Gasteiger partial charge in [0.25, 0.3) is 5.91 Å². The minimum absolute atomic E-state index is 0. The summed E-state index contributed by atoms with van der Waals surface area (Å²) in [5, 5.41) is 6.04. The number of nitrogens with zero attached hydrogens (tertiary/aromatic N) is 1. The van der Waals surface area contributed by atoms with E-state index in [1.807, 2.05) is 27.7 Å². The lowest BCUT2D eigenvalue weighted by Gasteiger charge is -2.34. The second-order valence-electron chi connectivity index (χ2n) is 6.78. The highest BCUT2D eigenvalue weighted by Gasteiger charge is 2.32. The van der Waals surface area contributed by atoms with Gasteiger partial charge in [0.05, 0.1) is 17.1 Å². The summed E-state index contributed by atoms with van der Waals surface area (Å²) >= 11 is 0. The Morgan fingerprint density at radius 3 is 2.52 bits per heavy atom. The zero-order chi connectivity index (χ0) is 19.3.